The highest BCUT2D eigenvalue weighted by atomic mass is 16.5. The molecule has 30 heavy (non-hydrogen) atoms. The summed E-state index contributed by atoms with van der Waals surface area (Å²) < 4.78 is 6.16. The first-order valence-electron chi connectivity index (χ1n) is 10.1. The Balaban J connectivity index is 1.83. The third kappa shape index (κ3) is 4.92. The molecule has 1 aliphatic rings. The van der Waals surface area contributed by atoms with Gasteiger partial charge in [0.05, 0.1) is 18.1 Å². The standard InChI is InChI=1S/C25H28O5/c1-15(2)21(27)12-5-16(3)4-10-19-22(28)13-11-20-23(29)14-24(30-25(19)20)17-6-8-18(26)9-7-17/h4,6-9,11,13,21,24,26-28H,1,5,10,12,14H2,2-3H3/b16-4+/t21?,24-/m0/s1. The molecule has 0 saturated carbocycles. The summed E-state index contributed by atoms with van der Waals surface area (Å²) in [4.78, 5) is 12.7. The van der Waals surface area contributed by atoms with Crippen LogP contribution in [-0.2, 0) is 6.42 Å². The van der Waals surface area contributed by atoms with E-state index < -0.39 is 12.2 Å². The van der Waals surface area contributed by atoms with Crippen LogP contribution in [0, 0.1) is 0 Å². The molecule has 1 aliphatic heterocycles. The fourth-order valence-corrected chi connectivity index (χ4v) is 3.50. The Bertz CT molecular complexity index is 972. The van der Waals surface area contributed by atoms with Gasteiger partial charge in [-0.05, 0) is 62.9 Å². The van der Waals surface area contributed by atoms with Gasteiger partial charge < -0.3 is 20.1 Å². The molecule has 1 heterocycles. The first-order valence-corrected chi connectivity index (χ1v) is 10.1. The van der Waals surface area contributed by atoms with Gasteiger partial charge >= 0.3 is 0 Å². The van der Waals surface area contributed by atoms with E-state index in [9.17, 15) is 20.1 Å². The Morgan fingerprint density at radius 3 is 2.57 bits per heavy atom. The van der Waals surface area contributed by atoms with Crippen molar-refractivity contribution in [1.82, 2.24) is 0 Å². The maximum absolute atomic E-state index is 12.7. The van der Waals surface area contributed by atoms with E-state index in [0.29, 0.717) is 36.1 Å². The number of phenols is 2. The second-order valence-corrected chi connectivity index (χ2v) is 7.92. The number of carbonyl (C=O) groups is 1. The van der Waals surface area contributed by atoms with Crippen LogP contribution in [0.4, 0.5) is 0 Å². The Morgan fingerprint density at radius 1 is 1.20 bits per heavy atom. The maximum Gasteiger partial charge on any atom is 0.170 e. The molecule has 0 amide bonds. The number of phenolic OH excluding ortho intramolecular Hbond substituents is 2. The number of aliphatic hydroxyl groups is 1. The van der Waals surface area contributed by atoms with E-state index in [2.05, 4.69) is 6.58 Å². The molecule has 0 aliphatic carbocycles. The normalized spacial score (nSPS) is 17.2. The predicted octanol–water partition coefficient (Wildman–Crippen LogP) is 5.01. The van der Waals surface area contributed by atoms with Crippen LogP contribution in [0.25, 0.3) is 0 Å². The van der Waals surface area contributed by atoms with Crippen LogP contribution in [0.3, 0.4) is 0 Å². The minimum Gasteiger partial charge on any atom is -0.508 e. The van der Waals surface area contributed by atoms with Gasteiger partial charge in [0.2, 0.25) is 0 Å². The number of carbonyl (C=O) groups excluding carboxylic acids is 1. The molecule has 2 atom stereocenters. The van der Waals surface area contributed by atoms with E-state index >= 15 is 0 Å². The summed E-state index contributed by atoms with van der Waals surface area (Å²) in [6, 6.07) is 9.73. The molecule has 0 radical (unpaired) electrons. The molecule has 5 heteroatoms. The first kappa shape index (κ1) is 21.7. The van der Waals surface area contributed by atoms with Crippen LogP contribution >= 0.6 is 0 Å². The lowest BCUT2D eigenvalue weighted by molar-refractivity contribution is 0.0847. The van der Waals surface area contributed by atoms with Crippen LogP contribution in [-0.4, -0.2) is 27.2 Å². The van der Waals surface area contributed by atoms with Gasteiger partial charge in [0.25, 0.3) is 0 Å². The number of aliphatic hydroxyl groups excluding tert-OH is 1. The van der Waals surface area contributed by atoms with Crippen molar-refractivity contribution in [1.29, 1.82) is 0 Å². The number of rotatable bonds is 7. The minimum absolute atomic E-state index is 0.0409. The fraction of sp³-hybridized carbons (Fsp3) is 0.320. The summed E-state index contributed by atoms with van der Waals surface area (Å²) in [7, 11) is 0. The van der Waals surface area contributed by atoms with Crippen LogP contribution in [0.2, 0.25) is 0 Å². The molecule has 0 spiro atoms. The Hall–Kier alpha value is -3.05. The molecule has 0 saturated heterocycles. The highest BCUT2D eigenvalue weighted by Gasteiger charge is 2.30. The number of aromatic hydroxyl groups is 2. The van der Waals surface area contributed by atoms with Gasteiger partial charge in [0.15, 0.2) is 5.78 Å². The number of ketones is 1. The van der Waals surface area contributed by atoms with Crippen molar-refractivity contribution in [2.45, 2.75) is 51.7 Å². The largest absolute Gasteiger partial charge is 0.508 e. The van der Waals surface area contributed by atoms with Crippen molar-refractivity contribution in [3.63, 3.8) is 0 Å². The van der Waals surface area contributed by atoms with Crippen molar-refractivity contribution in [2.75, 3.05) is 0 Å². The van der Waals surface area contributed by atoms with Gasteiger partial charge in [-0.15, -0.1) is 0 Å². The summed E-state index contributed by atoms with van der Waals surface area (Å²) >= 11 is 0. The number of allylic oxidation sites excluding steroid dienone is 2. The number of fused-ring (bicyclic) bond motifs is 1. The second-order valence-electron chi connectivity index (χ2n) is 7.92. The molecular weight excluding hydrogens is 380 g/mol. The average molecular weight is 408 g/mol. The van der Waals surface area contributed by atoms with Crippen molar-refractivity contribution >= 4 is 5.78 Å². The van der Waals surface area contributed by atoms with Gasteiger partial charge in [-0.1, -0.05) is 35.9 Å². The molecule has 2 aromatic carbocycles. The zero-order valence-electron chi connectivity index (χ0n) is 17.4. The molecular formula is C25H28O5. The highest BCUT2D eigenvalue weighted by Crippen LogP contribution is 2.41. The molecule has 3 rings (SSSR count). The van der Waals surface area contributed by atoms with E-state index in [0.717, 1.165) is 16.7 Å². The lowest BCUT2D eigenvalue weighted by atomic mass is 9.93. The molecule has 158 valence electrons. The summed E-state index contributed by atoms with van der Waals surface area (Å²) in [6.07, 6.45) is 2.90. The van der Waals surface area contributed by atoms with Crippen molar-refractivity contribution in [3.8, 4) is 17.2 Å². The van der Waals surface area contributed by atoms with Crippen molar-refractivity contribution < 1.29 is 24.9 Å². The zero-order valence-corrected chi connectivity index (χ0v) is 17.4. The average Bonchev–Trinajstić information content (AvgIpc) is 2.71. The summed E-state index contributed by atoms with van der Waals surface area (Å²) in [5.74, 6) is 0.604. The van der Waals surface area contributed by atoms with Crippen LogP contribution in [0.5, 0.6) is 17.2 Å². The SMILES string of the molecule is C=C(C)C(O)CC/C(C)=C/Cc1c(O)ccc2c1O[C@H](c1ccc(O)cc1)CC2=O. The summed E-state index contributed by atoms with van der Waals surface area (Å²) in [5, 5.41) is 29.9. The van der Waals surface area contributed by atoms with Crippen LogP contribution < -0.4 is 4.74 Å². The molecule has 1 unspecified atom stereocenters. The third-order valence-electron chi connectivity index (χ3n) is 5.47. The molecule has 5 nitrogen and oxygen atoms in total. The van der Waals surface area contributed by atoms with Gasteiger partial charge in [-0.25, -0.2) is 0 Å². The van der Waals surface area contributed by atoms with E-state index in [1.807, 2.05) is 13.0 Å². The van der Waals surface area contributed by atoms with E-state index in [4.69, 9.17) is 4.74 Å². The third-order valence-corrected chi connectivity index (χ3v) is 5.47. The summed E-state index contributed by atoms with van der Waals surface area (Å²) in [5.41, 5.74) is 3.65. The Morgan fingerprint density at radius 2 is 1.90 bits per heavy atom. The van der Waals surface area contributed by atoms with Gasteiger partial charge in [0.1, 0.15) is 23.4 Å². The second kappa shape index (κ2) is 9.18. The zero-order chi connectivity index (χ0) is 21.8. The number of hydrogen-bond donors (Lipinski definition) is 3. The monoisotopic (exact) mass is 408 g/mol. The lowest BCUT2D eigenvalue weighted by Crippen LogP contribution is -2.21. The molecule has 3 N–H and O–H groups in total. The van der Waals surface area contributed by atoms with E-state index in [1.54, 1.807) is 37.3 Å². The number of hydrogen-bond acceptors (Lipinski definition) is 5. The van der Waals surface area contributed by atoms with Crippen molar-refractivity contribution in [3.05, 3.63) is 76.9 Å². The Kier molecular flexibility index (Phi) is 6.63. The van der Waals surface area contributed by atoms with Gasteiger partial charge in [0, 0.05) is 5.56 Å². The Labute approximate surface area is 177 Å². The first-order chi connectivity index (χ1) is 14.3. The number of Topliss-reactive ketones (excluding diaryl/α,β-unsaturated/α-hetero) is 1. The molecule has 0 aromatic heterocycles. The van der Waals surface area contributed by atoms with E-state index in [1.165, 1.54) is 6.07 Å². The minimum atomic E-state index is -0.529. The van der Waals surface area contributed by atoms with Crippen LogP contribution in [0.1, 0.15) is 60.7 Å². The topological polar surface area (TPSA) is 87.0 Å². The molecule has 0 bridgehead atoms. The fourth-order valence-electron chi connectivity index (χ4n) is 3.50. The quantitative estimate of drug-likeness (QED) is 0.561. The lowest BCUT2D eigenvalue weighted by Gasteiger charge is -2.27. The smallest absolute Gasteiger partial charge is 0.170 e. The predicted molar refractivity (Wildman–Crippen MR) is 116 cm³/mol. The molecule has 0 fully saturated rings. The van der Waals surface area contributed by atoms with Crippen molar-refractivity contribution in [2.24, 2.45) is 0 Å². The maximum atomic E-state index is 12.7. The van der Waals surface area contributed by atoms with Gasteiger partial charge in [-0.2, -0.15) is 0 Å². The molecule has 2 aromatic rings. The van der Waals surface area contributed by atoms with Crippen LogP contribution in [0.15, 0.2) is 60.2 Å². The summed E-state index contributed by atoms with van der Waals surface area (Å²) in [6.45, 7) is 7.54. The van der Waals surface area contributed by atoms with E-state index in [-0.39, 0.29) is 23.7 Å². The van der Waals surface area contributed by atoms with Gasteiger partial charge in [-0.3, -0.25) is 4.79 Å². The highest BCUT2D eigenvalue weighted by molar-refractivity contribution is 6.00. The number of ether oxygens (including phenoxy) is 1. The number of benzene rings is 2.